The lowest BCUT2D eigenvalue weighted by atomic mass is 9.95. The fourth-order valence-electron chi connectivity index (χ4n) is 2.09. The topological polar surface area (TPSA) is 29.1 Å². The summed E-state index contributed by atoms with van der Waals surface area (Å²) in [6.45, 7) is 1.98. The minimum absolute atomic E-state index is 0.103. The summed E-state index contributed by atoms with van der Waals surface area (Å²) in [7, 11) is 0. The minimum Gasteiger partial charge on any atom is -0.323 e. The summed E-state index contributed by atoms with van der Waals surface area (Å²) in [5.41, 5.74) is 1.45. The Morgan fingerprint density at radius 3 is 2.20 bits per heavy atom. The van der Waals surface area contributed by atoms with Gasteiger partial charge in [-0.05, 0) is 24.1 Å². The molecule has 1 unspecified atom stereocenters. The van der Waals surface area contributed by atoms with Crippen LogP contribution in [0.3, 0.4) is 0 Å². The highest BCUT2D eigenvalue weighted by molar-refractivity contribution is 6.39. The van der Waals surface area contributed by atoms with E-state index >= 15 is 0 Å². The standard InChI is InChI=1S/C16H15Cl2NO/c1-2-12(11-7-4-3-5-8-11)16(20)19-15-13(17)9-6-10-14(15)18/h3-10,12H,2H2,1H3,(H,19,20). The Kier molecular flexibility index (Phi) is 5.05. The molecule has 0 aliphatic carbocycles. The fraction of sp³-hybridized carbons (Fsp3) is 0.188. The van der Waals surface area contributed by atoms with Crippen molar-refractivity contribution in [1.29, 1.82) is 0 Å². The van der Waals surface area contributed by atoms with Gasteiger partial charge in [0.2, 0.25) is 5.91 Å². The maximum atomic E-state index is 12.4. The number of amides is 1. The first-order chi connectivity index (χ1) is 9.63. The predicted octanol–water partition coefficient (Wildman–Crippen LogP) is 5.13. The molecule has 2 rings (SSSR count). The molecule has 0 bridgehead atoms. The summed E-state index contributed by atoms with van der Waals surface area (Å²) in [5.74, 6) is -0.322. The van der Waals surface area contributed by atoms with E-state index in [0.717, 1.165) is 5.56 Å². The van der Waals surface area contributed by atoms with Crippen molar-refractivity contribution in [3.05, 3.63) is 64.1 Å². The third-order valence-corrected chi connectivity index (χ3v) is 3.77. The number of carbonyl (C=O) groups is 1. The highest BCUT2D eigenvalue weighted by Crippen LogP contribution is 2.31. The smallest absolute Gasteiger partial charge is 0.231 e. The van der Waals surface area contributed by atoms with E-state index in [9.17, 15) is 4.79 Å². The molecule has 2 aromatic rings. The molecule has 0 spiro atoms. The maximum absolute atomic E-state index is 12.4. The summed E-state index contributed by atoms with van der Waals surface area (Å²) in [6, 6.07) is 14.8. The molecule has 0 saturated carbocycles. The van der Waals surface area contributed by atoms with Crippen LogP contribution in [0, 0.1) is 0 Å². The highest BCUT2D eigenvalue weighted by Gasteiger charge is 2.20. The molecular weight excluding hydrogens is 293 g/mol. The van der Waals surface area contributed by atoms with Crippen molar-refractivity contribution >= 4 is 34.8 Å². The van der Waals surface area contributed by atoms with Gasteiger partial charge in [0.25, 0.3) is 0 Å². The number of rotatable bonds is 4. The van der Waals surface area contributed by atoms with Gasteiger partial charge in [0, 0.05) is 0 Å². The lowest BCUT2D eigenvalue weighted by molar-refractivity contribution is -0.117. The normalized spacial score (nSPS) is 11.9. The van der Waals surface area contributed by atoms with Crippen LogP contribution in [0.1, 0.15) is 24.8 Å². The number of anilines is 1. The van der Waals surface area contributed by atoms with Crippen LogP contribution in [-0.4, -0.2) is 5.91 Å². The molecule has 1 N–H and O–H groups in total. The Hall–Kier alpha value is -1.51. The fourth-order valence-corrected chi connectivity index (χ4v) is 2.58. The van der Waals surface area contributed by atoms with Crippen LogP contribution in [0.15, 0.2) is 48.5 Å². The van der Waals surface area contributed by atoms with E-state index in [1.165, 1.54) is 0 Å². The van der Waals surface area contributed by atoms with Crippen LogP contribution in [0.25, 0.3) is 0 Å². The van der Waals surface area contributed by atoms with E-state index in [4.69, 9.17) is 23.2 Å². The first-order valence-corrected chi connectivity index (χ1v) is 7.19. The van der Waals surface area contributed by atoms with Crippen LogP contribution < -0.4 is 5.32 Å². The lowest BCUT2D eigenvalue weighted by Crippen LogP contribution is -2.21. The number of nitrogens with one attached hydrogen (secondary N) is 1. The second-order valence-electron chi connectivity index (χ2n) is 4.46. The van der Waals surface area contributed by atoms with Crippen LogP contribution in [0.2, 0.25) is 10.0 Å². The van der Waals surface area contributed by atoms with Crippen molar-refractivity contribution in [2.24, 2.45) is 0 Å². The Morgan fingerprint density at radius 1 is 1.05 bits per heavy atom. The Labute approximate surface area is 128 Å². The van der Waals surface area contributed by atoms with Crippen molar-refractivity contribution in [3.8, 4) is 0 Å². The number of halogens is 2. The van der Waals surface area contributed by atoms with E-state index < -0.39 is 0 Å². The summed E-state index contributed by atoms with van der Waals surface area (Å²) >= 11 is 12.1. The van der Waals surface area contributed by atoms with Gasteiger partial charge in [-0.15, -0.1) is 0 Å². The molecule has 2 nitrogen and oxygen atoms in total. The summed E-state index contributed by atoms with van der Waals surface area (Å²) in [5, 5.41) is 3.70. The molecule has 2 aromatic carbocycles. The number of hydrogen-bond acceptors (Lipinski definition) is 1. The average molecular weight is 308 g/mol. The molecule has 104 valence electrons. The zero-order valence-electron chi connectivity index (χ0n) is 11.1. The molecule has 4 heteroatoms. The average Bonchev–Trinajstić information content (AvgIpc) is 2.45. The molecule has 20 heavy (non-hydrogen) atoms. The molecule has 0 radical (unpaired) electrons. The number of para-hydroxylation sites is 1. The van der Waals surface area contributed by atoms with Crippen LogP contribution in [0.4, 0.5) is 5.69 Å². The molecule has 0 saturated heterocycles. The maximum Gasteiger partial charge on any atom is 0.231 e. The molecule has 0 aromatic heterocycles. The Morgan fingerprint density at radius 2 is 1.65 bits per heavy atom. The van der Waals surface area contributed by atoms with Gasteiger partial charge in [-0.3, -0.25) is 4.79 Å². The quantitative estimate of drug-likeness (QED) is 0.834. The van der Waals surface area contributed by atoms with Gasteiger partial charge >= 0.3 is 0 Å². The van der Waals surface area contributed by atoms with Gasteiger partial charge in [-0.1, -0.05) is 66.5 Å². The molecule has 0 heterocycles. The first kappa shape index (κ1) is 14.9. The van der Waals surface area contributed by atoms with E-state index in [1.807, 2.05) is 37.3 Å². The van der Waals surface area contributed by atoms with E-state index in [0.29, 0.717) is 22.2 Å². The van der Waals surface area contributed by atoms with Gasteiger partial charge in [-0.25, -0.2) is 0 Å². The van der Waals surface area contributed by atoms with E-state index in [1.54, 1.807) is 18.2 Å². The minimum atomic E-state index is -0.219. The SMILES string of the molecule is CCC(C(=O)Nc1c(Cl)cccc1Cl)c1ccccc1. The Bertz CT molecular complexity index is 578. The van der Waals surface area contributed by atoms with Crippen molar-refractivity contribution in [3.63, 3.8) is 0 Å². The second-order valence-corrected chi connectivity index (χ2v) is 5.27. The zero-order chi connectivity index (χ0) is 14.5. The van der Waals surface area contributed by atoms with Crippen molar-refractivity contribution in [2.45, 2.75) is 19.3 Å². The van der Waals surface area contributed by atoms with E-state index in [-0.39, 0.29) is 11.8 Å². The van der Waals surface area contributed by atoms with Crippen LogP contribution in [-0.2, 0) is 4.79 Å². The number of carbonyl (C=O) groups excluding carboxylic acids is 1. The lowest BCUT2D eigenvalue weighted by Gasteiger charge is -2.16. The highest BCUT2D eigenvalue weighted by atomic mass is 35.5. The van der Waals surface area contributed by atoms with Crippen molar-refractivity contribution in [1.82, 2.24) is 0 Å². The van der Waals surface area contributed by atoms with Gasteiger partial charge in [0.05, 0.1) is 21.7 Å². The third-order valence-electron chi connectivity index (χ3n) is 3.14. The molecule has 0 aliphatic heterocycles. The van der Waals surface area contributed by atoms with Crippen LogP contribution >= 0.6 is 23.2 Å². The molecule has 1 atom stereocenters. The molecule has 0 fully saturated rings. The van der Waals surface area contributed by atoms with Gasteiger partial charge in [-0.2, -0.15) is 0 Å². The van der Waals surface area contributed by atoms with Gasteiger partial charge in [0.1, 0.15) is 0 Å². The van der Waals surface area contributed by atoms with Crippen molar-refractivity contribution < 1.29 is 4.79 Å². The summed E-state index contributed by atoms with van der Waals surface area (Å²) < 4.78 is 0. The second kappa shape index (κ2) is 6.78. The number of benzene rings is 2. The van der Waals surface area contributed by atoms with Crippen LogP contribution in [0.5, 0.6) is 0 Å². The zero-order valence-corrected chi connectivity index (χ0v) is 12.6. The largest absolute Gasteiger partial charge is 0.323 e. The van der Waals surface area contributed by atoms with Gasteiger partial charge in [0.15, 0.2) is 0 Å². The molecule has 0 aliphatic rings. The van der Waals surface area contributed by atoms with E-state index in [2.05, 4.69) is 5.32 Å². The monoisotopic (exact) mass is 307 g/mol. The van der Waals surface area contributed by atoms with Gasteiger partial charge < -0.3 is 5.32 Å². The summed E-state index contributed by atoms with van der Waals surface area (Å²) in [4.78, 5) is 12.4. The number of hydrogen-bond donors (Lipinski definition) is 1. The summed E-state index contributed by atoms with van der Waals surface area (Å²) in [6.07, 6.45) is 0.706. The molecule has 1 amide bonds. The third kappa shape index (κ3) is 3.33. The van der Waals surface area contributed by atoms with Crippen molar-refractivity contribution in [2.75, 3.05) is 5.32 Å². The Balaban J connectivity index is 2.23. The first-order valence-electron chi connectivity index (χ1n) is 6.43. The molecular formula is C16H15Cl2NO. The predicted molar refractivity (Wildman–Crippen MR) is 84.6 cm³/mol.